The van der Waals surface area contributed by atoms with Crippen LogP contribution in [-0.4, -0.2) is 11.7 Å². The average molecular weight is 258 g/mol. The van der Waals surface area contributed by atoms with Gasteiger partial charge in [0.2, 0.25) is 0 Å². The third kappa shape index (κ3) is 2.79. The Morgan fingerprint density at radius 3 is 2.86 bits per heavy atom. The molecule has 0 amide bonds. The molecule has 1 aromatic carbocycles. The summed E-state index contributed by atoms with van der Waals surface area (Å²) in [6.07, 6.45) is 0.234. The molecule has 14 heavy (non-hydrogen) atoms. The molecule has 0 fully saturated rings. The highest BCUT2D eigenvalue weighted by atomic mass is 79.9. The minimum Gasteiger partial charge on any atom is -0.395 e. The van der Waals surface area contributed by atoms with E-state index in [0.29, 0.717) is 5.56 Å². The van der Waals surface area contributed by atoms with Gasteiger partial charge in [-0.25, -0.2) is 4.39 Å². The standard InChI is InChI=1S/C10H9BrFNO/c11-9-1-2-10(12)8(4-9)3-7(5-13)6-14/h1-2,4,7,14H,3,6H2/t7-/m1/s1. The maximum Gasteiger partial charge on any atom is 0.126 e. The monoisotopic (exact) mass is 257 g/mol. The van der Waals surface area contributed by atoms with Gasteiger partial charge in [-0.1, -0.05) is 15.9 Å². The Morgan fingerprint density at radius 2 is 2.29 bits per heavy atom. The molecule has 0 spiro atoms. The second-order valence-electron chi connectivity index (χ2n) is 2.95. The molecule has 0 saturated heterocycles. The fourth-order valence-corrected chi connectivity index (χ4v) is 1.52. The summed E-state index contributed by atoms with van der Waals surface area (Å²) in [7, 11) is 0. The summed E-state index contributed by atoms with van der Waals surface area (Å²) in [5.41, 5.74) is 0.444. The first-order valence-electron chi connectivity index (χ1n) is 4.11. The smallest absolute Gasteiger partial charge is 0.126 e. The number of rotatable bonds is 3. The van der Waals surface area contributed by atoms with Crippen LogP contribution in [0.25, 0.3) is 0 Å². The van der Waals surface area contributed by atoms with Gasteiger partial charge in [0, 0.05) is 4.47 Å². The van der Waals surface area contributed by atoms with Crippen molar-refractivity contribution in [3.8, 4) is 6.07 Å². The fourth-order valence-electron chi connectivity index (χ4n) is 1.12. The van der Waals surface area contributed by atoms with Gasteiger partial charge in [0.25, 0.3) is 0 Å². The zero-order valence-electron chi connectivity index (χ0n) is 7.37. The Kier molecular flexibility index (Phi) is 4.05. The van der Waals surface area contributed by atoms with Crippen LogP contribution in [0.2, 0.25) is 0 Å². The van der Waals surface area contributed by atoms with Gasteiger partial charge in [0.1, 0.15) is 5.82 Å². The van der Waals surface area contributed by atoms with Crippen LogP contribution in [0.4, 0.5) is 4.39 Å². The van der Waals surface area contributed by atoms with E-state index < -0.39 is 5.92 Å². The molecule has 74 valence electrons. The average Bonchev–Trinajstić information content (AvgIpc) is 2.19. The minimum absolute atomic E-state index is 0.234. The lowest BCUT2D eigenvalue weighted by Crippen LogP contribution is -2.08. The van der Waals surface area contributed by atoms with Gasteiger partial charge in [-0.15, -0.1) is 0 Å². The maximum absolute atomic E-state index is 13.2. The maximum atomic E-state index is 13.2. The van der Waals surface area contributed by atoms with Crippen molar-refractivity contribution in [1.82, 2.24) is 0 Å². The van der Waals surface area contributed by atoms with Gasteiger partial charge in [0.05, 0.1) is 18.6 Å². The zero-order valence-corrected chi connectivity index (χ0v) is 8.96. The normalized spacial score (nSPS) is 12.1. The molecule has 0 unspecified atom stereocenters. The summed E-state index contributed by atoms with van der Waals surface area (Å²) in [5.74, 6) is -0.888. The van der Waals surface area contributed by atoms with E-state index in [-0.39, 0.29) is 18.8 Å². The van der Waals surface area contributed by atoms with Crippen molar-refractivity contribution in [2.24, 2.45) is 5.92 Å². The largest absolute Gasteiger partial charge is 0.395 e. The highest BCUT2D eigenvalue weighted by Crippen LogP contribution is 2.18. The second-order valence-corrected chi connectivity index (χ2v) is 3.86. The van der Waals surface area contributed by atoms with Crippen LogP contribution in [0.1, 0.15) is 5.56 Å². The van der Waals surface area contributed by atoms with E-state index in [2.05, 4.69) is 15.9 Å². The summed E-state index contributed by atoms with van der Waals surface area (Å²) < 4.78 is 14.0. The molecule has 1 rings (SSSR count). The highest BCUT2D eigenvalue weighted by Gasteiger charge is 2.10. The van der Waals surface area contributed by atoms with Crippen LogP contribution < -0.4 is 0 Å². The Hall–Kier alpha value is -0.920. The van der Waals surface area contributed by atoms with Crippen molar-refractivity contribution in [3.05, 3.63) is 34.1 Å². The number of halogens is 2. The van der Waals surface area contributed by atoms with E-state index >= 15 is 0 Å². The number of hydrogen-bond donors (Lipinski definition) is 1. The van der Waals surface area contributed by atoms with Crippen molar-refractivity contribution in [1.29, 1.82) is 5.26 Å². The Balaban J connectivity index is 2.86. The number of benzene rings is 1. The molecule has 0 aromatic heterocycles. The molecule has 0 bridgehead atoms. The van der Waals surface area contributed by atoms with E-state index in [4.69, 9.17) is 10.4 Å². The van der Waals surface area contributed by atoms with E-state index in [1.165, 1.54) is 6.07 Å². The van der Waals surface area contributed by atoms with Crippen molar-refractivity contribution in [2.45, 2.75) is 6.42 Å². The quantitative estimate of drug-likeness (QED) is 0.903. The van der Waals surface area contributed by atoms with Gasteiger partial charge >= 0.3 is 0 Å². The number of hydrogen-bond acceptors (Lipinski definition) is 2. The molecule has 1 N–H and O–H groups in total. The lowest BCUT2D eigenvalue weighted by atomic mass is 10.0. The van der Waals surface area contributed by atoms with E-state index in [0.717, 1.165) is 4.47 Å². The lowest BCUT2D eigenvalue weighted by Gasteiger charge is -2.06. The first kappa shape index (κ1) is 11.2. The predicted octanol–water partition coefficient (Wildman–Crippen LogP) is 2.26. The molecule has 4 heteroatoms. The molecule has 0 radical (unpaired) electrons. The SMILES string of the molecule is N#C[C@H](CO)Cc1cc(Br)ccc1F. The minimum atomic E-state index is -0.543. The fraction of sp³-hybridized carbons (Fsp3) is 0.300. The second kappa shape index (κ2) is 5.08. The Labute approximate surface area is 90.1 Å². The zero-order chi connectivity index (χ0) is 10.6. The molecule has 1 aromatic rings. The summed E-state index contributed by atoms with van der Waals surface area (Å²) in [4.78, 5) is 0. The van der Waals surface area contributed by atoms with Crippen LogP contribution in [-0.2, 0) is 6.42 Å². The lowest BCUT2D eigenvalue weighted by molar-refractivity contribution is 0.255. The predicted molar refractivity (Wildman–Crippen MR) is 54.0 cm³/mol. The molecular formula is C10H9BrFNO. The summed E-state index contributed by atoms with van der Waals surface area (Å²) in [6, 6.07) is 6.47. The van der Waals surface area contributed by atoms with Crippen molar-refractivity contribution < 1.29 is 9.50 Å². The molecular weight excluding hydrogens is 249 g/mol. The van der Waals surface area contributed by atoms with Crippen molar-refractivity contribution in [2.75, 3.05) is 6.61 Å². The van der Waals surface area contributed by atoms with E-state index in [9.17, 15) is 4.39 Å². The Morgan fingerprint density at radius 1 is 1.57 bits per heavy atom. The molecule has 0 heterocycles. The van der Waals surface area contributed by atoms with Crippen LogP contribution in [0.15, 0.2) is 22.7 Å². The van der Waals surface area contributed by atoms with Crippen LogP contribution >= 0.6 is 15.9 Å². The van der Waals surface area contributed by atoms with Gasteiger partial charge in [0.15, 0.2) is 0 Å². The molecule has 0 aliphatic heterocycles. The van der Waals surface area contributed by atoms with Crippen molar-refractivity contribution >= 4 is 15.9 Å². The summed E-state index contributed by atoms with van der Waals surface area (Å²) in [6.45, 7) is -0.248. The van der Waals surface area contributed by atoms with Crippen LogP contribution in [0.3, 0.4) is 0 Å². The molecule has 0 saturated carbocycles. The molecule has 1 atom stereocenters. The first-order chi connectivity index (χ1) is 6.67. The Bertz CT molecular complexity index is 362. The molecule has 2 nitrogen and oxygen atoms in total. The number of nitrogens with zero attached hydrogens (tertiary/aromatic N) is 1. The van der Waals surface area contributed by atoms with E-state index in [1.54, 1.807) is 12.1 Å². The van der Waals surface area contributed by atoms with Gasteiger partial charge in [-0.05, 0) is 30.2 Å². The molecule has 0 aliphatic rings. The van der Waals surface area contributed by atoms with Gasteiger partial charge < -0.3 is 5.11 Å². The summed E-state index contributed by atoms with van der Waals surface area (Å²) in [5, 5.41) is 17.4. The molecule has 0 aliphatic carbocycles. The topological polar surface area (TPSA) is 44.0 Å². The third-order valence-electron chi connectivity index (χ3n) is 1.88. The number of nitriles is 1. The number of aliphatic hydroxyl groups excluding tert-OH is 1. The van der Waals surface area contributed by atoms with Crippen molar-refractivity contribution in [3.63, 3.8) is 0 Å². The number of aliphatic hydroxyl groups is 1. The third-order valence-corrected chi connectivity index (χ3v) is 2.37. The first-order valence-corrected chi connectivity index (χ1v) is 4.91. The van der Waals surface area contributed by atoms with Gasteiger partial charge in [-0.2, -0.15) is 5.26 Å². The van der Waals surface area contributed by atoms with Crippen LogP contribution in [0.5, 0.6) is 0 Å². The van der Waals surface area contributed by atoms with Crippen LogP contribution in [0, 0.1) is 23.1 Å². The summed E-state index contributed by atoms with van der Waals surface area (Å²) >= 11 is 3.22. The highest BCUT2D eigenvalue weighted by molar-refractivity contribution is 9.10. The van der Waals surface area contributed by atoms with Gasteiger partial charge in [-0.3, -0.25) is 0 Å². The van der Waals surface area contributed by atoms with E-state index in [1.807, 2.05) is 6.07 Å².